The average Bonchev–Trinajstić information content (AvgIpc) is 2.47. The molecule has 1 saturated heterocycles. The quantitative estimate of drug-likeness (QED) is 0.776. The lowest BCUT2D eigenvalue weighted by Crippen LogP contribution is -2.61. The van der Waals surface area contributed by atoms with Crippen molar-refractivity contribution in [1.29, 1.82) is 0 Å². The van der Waals surface area contributed by atoms with Gasteiger partial charge in [0.05, 0.1) is 5.56 Å². The molecule has 112 valence electrons. The fourth-order valence-electron chi connectivity index (χ4n) is 2.88. The highest BCUT2D eigenvalue weighted by Crippen LogP contribution is 2.39. The second-order valence-electron chi connectivity index (χ2n) is 5.32. The number of likely N-dealkylation sites (tertiary alicyclic amines) is 1. The van der Waals surface area contributed by atoms with E-state index in [1.807, 2.05) is 6.07 Å². The van der Waals surface area contributed by atoms with Gasteiger partial charge >= 0.3 is 6.09 Å². The van der Waals surface area contributed by atoms with Crippen LogP contribution in [0.4, 0.5) is 4.79 Å². The van der Waals surface area contributed by atoms with Crippen LogP contribution in [-0.4, -0.2) is 52.8 Å². The van der Waals surface area contributed by atoms with Gasteiger partial charge < -0.3 is 19.6 Å². The first-order chi connectivity index (χ1) is 9.93. The number of amides is 2. The summed E-state index contributed by atoms with van der Waals surface area (Å²) in [5.74, 6) is 0.464. The highest BCUT2D eigenvalue weighted by atomic mass is 79.9. The van der Waals surface area contributed by atoms with Crippen LogP contribution in [0.3, 0.4) is 0 Å². The Kier molecular flexibility index (Phi) is 3.32. The van der Waals surface area contributed by atoms with E-state index in [0.29, 0.717) is 37.2 Å². The number of hydrogen-bond donors (Lipinski definition) is 1. The van der Waals surface area contributed by atoms with E-state index in [4.69, 9.17) is 9.84 Å². The fraction of sp³-hybridized carbons (Fsp3) is 0.429. The number of piperidine rings is 1. The number of rotatable bonds is 0. The molecule has 3 rings (SSSR count). The lowest BCUT2D eigenvalue weighted by Gasteiger charge is -2.48. The van der Waals surface area contributed by atoms with Crippen LogP contribution in [0.15, 0.2) is 22.7 Å². The number of nitrogens with zero attached hydrogens (tertiary/aromatic N) is 2. The molecule has 0 bridgehead atoms. The van der Waals surface area contributed by atoms with Crippen molar-refractivity contribution in [3.05, 3.63) is 28.2 Å². The number of fused-ring (bicyclic) bond motifs is 1. The van der Waals surface area contributed by atoms with Crippen LogP contribution in [0.25, 0.3) is 0 Å². The first kappa shape index (κ1) is 14.2. The molecule has 1 aromatic rings. The SMILES string of the molecule is CN1C(=O)c2cc(Br)ccc2OC12CCN(C(=O)O)CC2. The van der Waals surface area contributed by atoms with E-state index >= 15 is 0 Å². The van der Waals surface area contributed by atoms with Gasteiger partial charge in [0, 0.05) is 37.5 Å². The zero-order valence-corrected chi connectivity index (χ0v) is 13.1. The van der Waals surface area contributed by atoms with Gasteiger partial charge in [-0.1, -0.05) is 15.9 Å². The zero-order chi connectivity index (χ0) is 15.2. The standard InChI is InChI=1S/C14H15BrN2O4/c1-16-12(18)10-8-9(15)2-3-11(10)21-14(16)4-6-17(7-5-14)13(19)20/h2-3,8H,4-7H2,1H3,(H,19,20). The summed E-state index contributed by atoms with van der Waals surface area (Å²) in [6.07, 6.45) is 0.00707. The molecule has 1 N–H and O–H groups in total. The maximum absolute atomic E-state index is 12.6. The van der Waals surface area contributed by atoms with Crippen LogP contribution in [0.2, 0.25) is 0 Å². The number of carboxylic acid groups (broad SMARTS) is 1. The number of benzene rings is 1. The van der Waals surface area contributed by atoms with Crippen molar-refractivity contribution in [3.63, 3.8) is 0 Å². The van der Waals surface area contributed by atoms with Crippen LogP contribution in [-0.2, 0) is 0 Å². The van der Waals surface area contributed by atoms with Crippen LogP contribution in [0.5, 0.6) is 5.75 Å². The molecule has 0 unspecified atom stereocenters. The molecule has 0 saturated carbocycles. The van der Waals surface area contributed by atoms with Gasteiger partial charge in [-0.05, 0) is 18.2 Å². The lowest BCUT2D eigenvalue weighted by molar-refractivity contribution is -0.0969. The minimum absolute atomic E-state index is 0.0960. The maximum atomic E-state index is 12.6. The Bertz CT molecular complexity index is 611. The maximum Gasteiger partial charge on any atom is 0.407 e. The molecule has 6 nitrogen and oxygen atoms in total. The van der Waals surface area contributed by atoms with Crippen LogP contribution >= 0.6 is 15.9 Å². The summed E-state index contributed by atoms with van der Waals surface area (Å²) in [5, 5.41) is 9.03. The van der Waals surface area contributed by atoms with E-state index in [9.17, 15) is 9.59 Å². The Morgan fingerprint density at radius 1 is 1.38 bits per heavy atom. The largest absolute Gasteiger partial charge is 0.467 e. The van der Waals surface area contributed by atoms with Crippen molar-refractivity contribution < 1.29 is 19.4 Å². The highest BCUT2D eigenvalue weighted by molar-refractivity contribution is 9.10. The lowest BCUT2D eigenvalue weighted by atomic mass is 9.95. The molecule has 2 amide bonds. The van der Waals surface area contributed by atoms with Gasteiger partial charge in [-0.3, -0.25) is 4.79 Å². The minimum Gasteiger partial charge on any atom is -0.467 e. The summed E-state index contributed by atoms with van der Waals surface area (Å²) in [6.45, 7) is 0.720. The van der Waals surface area contributed by atoms with Gasteiger partial charge in [-0.25, -0.2) is 4.79 Å². The molecule has 21 heavy (non-hydrogen) atoms. The number of halogens is 1. The van der Waals surface area contributed by atoms with Crippen molar-refractivity contribution in [2.75, 3.05) is 20.1 Å². The van der Waals surface area contributed by atoms with E-state index < -0.39 is 11.8 Å². The monoisotopic (exact) mass is 354 g/mol. The predicted octanol–water partition coefficient (Wildman–Crippen LogP) is 2.38. The molecule has 0 atom stereocenters. The third-order valence-electron chi connectivity index (χ3n) is 4.20. The topological polar surface area (TPSA) is 70.1 Å². The van der Waals surface area contributed by atoms with Crippen molar-refractivity contribution in [1.82, 2.24) is 9.80 Å². The molecule has 2 aliphatic heterocycles. The highest BCUT2D eigenvalue weighted by Gasteiger charge is 2.47. The zero-order valence-electron chi connectivity index (χ0n) is 11.5. The number of carbonyl (C=O) groups excluding carboxylic acids is 1. The summed E-state index contributed by atoms with van der Waals surface area (Å²) in [4.78, 5) is 26.5. The summed E-state index contributed by atoms with van der Waals surface area (Å²) < 4.78 is 6.91. The molecule has 1 aromatic carbocycles. The Morgan fingerprint density at radius 2 is 2.05 bits per heavy atom. The third kappa shape index (κ3) is 2.25. The van der Waals surface area contributed by atoms with Crippen LogP contribution in [0, 0.1) is 0 Å². The summed E-state index contributed by atoms with van der Waals surface area (Å²) >= 11 is 3.35. The normalized spacial score (nSPS) is 20.2. The molecule has 2 heterocycles. The van der Waals surface area contributed by atoms with Gasteiger partial charge in [0.1, 0.15) is 5.75 Å². The van der Waals surface area contributed by atoms with Crippen molar-refractivity contribution in [2.24, 2.45) is 0 Å². The molecular weight excluding hydrogens is 340 g/mol. The summed E-state index contributed by atoms with van der Waals surface area (Å²) in [7, 11) is 1.71. The molecule has 7 heteroatoms. The Balaban J connectivity index is 1.91. The van der Waals surface area contributed by atoms with E-state index in [0.717, 1.165) is 4.47 Å². The Morgan fingerprint density at radius 3 is 2.67 bits per heavy atom. The number of carbonyl (C=O) groups is 2. The van der Waals surface area contributed by atoms with E-state index in [1.165, 1.54) is 4.90 Å². The first-order valence-electron chi connectivity index (χ1n) is 6.67. The second kappa shape index (κ2) is 4.91. The van der Waals surface area contributed by atoms with Gasteiger partial charge in [0.25, 0.3) is 5.91 Å². The molecule has 1 fully saturated rings. The van der Waals surface area contributed by atoms with Gasteiger partial charge in [-0.15, -0.1) is 0 Å². The minimum atomic E-state index is -0.932. The molecule has 0 radical (unpaired) electrons. The van der Waals surface area contributed by atoms with Crippen LogP contribution in [0.1, 0.15) is 23.2 Å². The van der Waals surface area contributed by atoms with Gasteiger partial charge in [-0.2, -0.15) is 0 Å². The van der Waals surface area contributed by atoms with Crippen molar-refractivity contribution in [3.8, 4) is 5.75 Å². The van der Waals surface area contributed by atoms with Gasteiger partial charge in [0.15, 0.2) is 5.72 Å². The number of hydrogen-bond acceptors (Lipinski definition) is 3. The molecular formula is C14H15BrN2O4. The molecule has 1 spiro atoms. The predicted molar refractivity (Wildman–Crippen MR) is 78.4 cm³/mol. The average molecular weight is 355 g/mol. The first-order valence-corrected chi connectivity index (χ1v) is 7.47. The van der Waals surface area contributed by atoms with E-state index in [2.05, 4.69) is 15.9 Å². The van der Waals surface area contributed by atoms with E-state index in [1.54, 1.807) is 24.1 Å². The smallest absolute Gasteiger partial charge is 0.407 e. The molecule has 0 aromatic heterocycles. The third-order valence-corrected chi connectivity index (χ3v) is 4.70. The van der Waals surface area contributed by atoms with Crippen molar-refractivity contribution >= 4 is 27.9 Å². The Labute approximate surface area is 130 Å². The number of ether oxygens (including phenoxy) is 1. The van der Waals surface area contributed by atoms with E-state index in [-0.39, 0.29) is 5.91 Å². The fourth-order valence-corrected chi connectivity index (χ4v) is 3.24. The summed E-state index contributed by atoms with van der Waals surface area (Å²) in [5.41, 5.74) is -0.220. The van der Waals surface area contributed by atoms with Crippen LogP contribution < -0.4 is 4.74 Å². The molecule has 0 aliphatic carbocycles. The van der Waals surface area contributed by atoms with Crippen molar-refractivity contribution in [2.45, 2.75) is 18.6 Å². The second-order valence-corrected chi connectivity index (χ2v) is 6.24. The Hall–Kier alpha value is -1.76. The molecule has 2 aliphatic rings. The van der Waals surface area contributed by atoms with Gasteiger partial charge in [0.2, 0.25) is 0 Å². The summed E-state index contributed by atoms with van der Waals surface area (Å²) in [6, 6.07) is 5.35.